The molecule has 1 aromatic carbocycles. The lowest BCUT2D eigenvalue weighted by Crippen LogP contribution is -2.03. The van der Waals surface area contributed by atoms with E-state index in [9.17, 15) is 0 Å². The molecule has 0 bridgehead atoms. The molecule has 0 amide bonds. The van der Waals surface area contributed by atoms with Crippen molar-refractivity contribution in [1.82, 2.24) is 0 Å². The van der Waals surface area contributed by atoms with Crippen LogP contribution in [0.1, 0.15) is 32.8 Å². The van der Waals surface area contributed by atoms with Crippen molar-refractivity contribution in [3.63, 3.8) is 0 Å². The van der Waals surface area contributed by atoms with Crippen LogP contribution in [0.4, 0.5) is 0 Å². The minimum absolute atomic E-state index is 0.183. The zero-order valence-electron chi connectivity index (χ0n) is 10.8. The van der Waals surface area contributed by atoms with Gasteiger partial charge in [-0.3, -0.25) is 0 Å². The normalized spacial score (nSPS) is 12.2. The number of halogens is 1. The lowest BCUT2D eigenvalue weighted by molar-refractivity contribution is 0.287. The van der Waals surface area contributed by atoms with Crippen molar-refractivity contribution in [1.29, 1.82) is 0 Å². The van der Waals surface area contributed by atoms with Crippen LogP contribution in [0.15, 0.2) is 18.2 Å². The molecule has 0 aliphatic heterocycles. The third-order valence-electron chi connectivity index (χ3n) is 2.51. The van der Waals surface area contributed by atoms with E-state index in [0.717, 1.165) is 24.3 Å². The largest absolute Gasteiger partial charge is 0.490 e. The third kappa shape index (κ3) is 4.47. The fourth-order valence-electron chi connectivity index (χ4n) is 1.62. The Bertz CT molecular complexity index is 339. The number of benzene rings is 1. The van der Waals surface area contributed by atoms with E-state index >= 15 is 0 Å². The van der Waals surface area contributed by atoms with Crippen molar-refractivity contribution in [3.8, 4) is 11.5 Å². The van der Waals surface area contributed by atoms with Gasteiger partial charge in [0.25, 0.3) is 0 Å². The van der Waals surface area contributed by atoms with E-state index in [1.165, 1.54) is 5.56 Å². The molecule has 0 spiro atoms. The molecule has 0 fully saturated rings. The van der Waals surface area contributed by atoms with Gasteiger partial charge in [-0.25, -0.2) is 0 Å². The first-order chi connectivity index (χ1) is 8.21. The monoisotopic (exact) mass is 256 g/mol. The fraction of sp³-hybridized carbons (Fsp3) is 0.571. The number of rotatable bonds is 7. The highest BCUT2D eigenvalue weighted by molar-refractivity contribution is 6.20. The van der Waals surface area contributed by atoms with Crippen LogP contribution >= 0.6 is 11.6 Å². The minimum Gasteiger partial charge on any atom is -0.490 e. The van der Waals surface area contributed by atoms with E-state index in [1.807, 2.05) is 26.0 Å². The summed E-state index contributed by atoms with van der Waals surface area (Å²) in [7, 11) is 0. The Hall–Kier alpha value is -0.890. The Morgan fingerprint density at radius 3 is 2.29 bits per heavy atom. The second-order valence-corrected chi connectivity index (χ2v) is 4.47. The Balaban J connectivity index is 2.84. The number of alkyl halides is 1. The second kappa shape index (κ2) is 7.44. The van der Waals surface area contributed by atoms with E-state index in [4.69, 9.17) is 21.1 Å². The van der Waals surface area contributed by atoms with Crippen LogP contribution in [0.25, 0.3) is 0 Å². The molecule has 1 aromatic rings. The van der Waals surface area contributed by atoms with Gasteiger partial charge in [0, 0.05) is 5.38 Å². The molecule has 0 saturated heterocycles. The van der Waals surface area contributed by atoms with Crippen molar-refractivity contribution in [2.24, 2.45) is 0 Å². The first kappa shape index (κ1) is 14.2. The van der Waals surface area contributed by atoms with Crippen LogP contribution in [0.5, 0.6) is 11.5 Å². The summed E-state index contributed by atoms with van der Waals surface area (Å²) >= 11 is 6.16. The molecule has 0 aliphatic rings. The molecule has 3 heteroatoms. The van der Waals surface area contributed by atoms with Gasteiger partial charge in [-0.15, -0.1) is 11.6 Å². The van der Waals surface area contributed by atoms with Crippen LogP contribution in [-0.2, 0) is 6.42 Å². The molecule has 0 aliphatic carbocycles. The van der Waals surface area contributed by atoms with E-state index < -0.39 is 0 Å². The molecule has 0 aromatic heterocycles. The van der Waals surface area contributed by atoms with Crippen molar-refractivity contribution < 1.29 is 9.47 Å². The summed E-state index contributed by atoms with van der Waals surface area (Å²) in [5.74, 6) is 1.62. The second-order valence-electron chi connectivity index (χ2n) is 3.86. The van der Waals surface area contributed by atoms with Gasteiger partial charge in [-0.2, -0.15) is 0 Å². The summed E-state index contributed by atoms with van der Waals surface area (Å²) in [6.45, 7) is 7.32. The van der Waals surface area contributed by atoms with Gasteiger partial charge in [-0.05, 0) is 44.4 Å². The molecular weight excluding hydrogens is 236 g/mol. The van der Waals surface area contributed by atoms with Crippen LogP contribution in [0, 0.1) is 0 Å². The maximum absolute atomic E-state index is 6.16. The summed E-state index contributed by atoms with van der Waals surface area (Å²) in [6.07, 6.45) is 1.84. The quantitative estimate of drug-likeness (QED) is 0.686. The van der Waals surface area contributed by atoms with Gasteiger partial charge in [0.1, 0.15) is 0 Å². The Morgan fingerprint density at radius 2 is 1.71 bits per heavy atom. The van der Waals surface area contributed by atoms with Crippen molar-refractivity contribution in [2.45, 2.75) is 39.0 Å². The van der Waals surface area contributed by atoms with Crippen LogP contribution < -0.4 is 9.47 Å². The minimum atomic E-state index is 0.183. The predicted molar refractivity (Wildman–Crippen MR) is 72.4 cm³/mol. The van der Waals surface area contributed by atoms with Gasteiger partial charge in [0.2, 0.25) is 0 Å². The Kier molecular flexibility index (Phi) is 6.20. The summed E-state index contributed by atoms with van der Waals surface area (Å²) < 4.78 is 11.1. The number of hydrogen-bond donors (Lipinski definition) is 0. The molecule has 17 heavy (non-hydrogen) atoms. The van der Waals surface area contributed by atoms with Gasteiger partial charge < -0.3 is 9.47 Å². The van der Waals surface area contributed by atoms with Gasteiger partial charge in [0.15, 0.2) is 11.5 Å². The molecule has 0 N–H and O–H groups in total. The first-order valence-electron chi connectivity index (χ1n) is 6.23. The summed E-state index contributed by atoms with van der Waals surface area (Å²) in [5.41, 5.74) is 1.19. The summed E-state index contributed by atoms with van der Waals surface area (Å²) in [6, 6.07) is 6.04. The maximum atomic E-state index is 6.16. The molecule has 1 rings (SSSR count). The smallest absolute Gasteiger partial charge is 0.161 e. The zero-order chi connectivity index (χ0) is 12.7. The summed E-state index contributed by atoms with van der Waals surface area (Å²) in [4.78, 5) is 0. The summed E-state index contributed by atoms with van der Waals surface area (Å²) in [5, 5.41) is 0.183. The van der Waals surface area contributed by atoms with Crippen molar-refractivity contribution in [2.75, 3.05) is 13.2 Å². The SMILES string of the molecule is CCOc1ccc(CC(Cl)CC)cc1OCC. The highest BCUT2D eigenvalue weighted by Gasteiger charge is 2.08. The average Bonchev–Trinajstić information content (AvgIpc) is 2.33. The zero-order valence-corrected chi connectivity index (χ0v) is 11.6. The van der Waals surface area contributed by atoms with Crippen LogP contribution in [0.2, 0.25) is 0 Å². The maximum Gasteiger partial charge on any atom is 0.161 e. The average molecular weight is 257 g/mol. The Labute approximate surface area is 109 Å². The lowest BCUT2D eigenvalue weighted by Gasteiger charge is -2.13. The molecule has 1 unspecified atom stereocenters. The molecule has 1 atom stereocenters. The topological polar surface area (TPSA) is 18.5 Å². The highest BCUT2D eigenvalue weighted by atomic mass is 35.5. The molecule has 0 saturated carbocycles. The fourth-order valence-corrected chi connectivity index (χ4v) is 1.80. The van der Waals surface area contributed by atoms with E-state index in [-0.39, 0.29) is 5.38 Å². The van der Waals surface area contributed by atoms with Gasteiger partial charge >= 0.3 is 0 Å². The number of ether oxygens (including phenoxy) is 2. The van der Waals surface area contributed by atoms with Gasteiger partial charge in [-0.1, -0.05) is 13.0 Å². The van der Waals surface area contributed by atoms with Crippen LogP contribution in [0.3, 0.4) is 0 Å². The molecular formula is C14H21ClO2. The van der Waals surface area contributed by atoms with Crippen LogP contribution in [-0.4, -0.2) is 18.6 Å². The predicted octanol–water partition coefficient (Wildman–Crippen LogP) is 4.04. The molecule has 0 heterocycles. The van der Waals surface area contributed by atoms with E-state index in [0.29, 0.717) is 13.2 Å². The highest BCUT2D eigenvalue weighted by Crippen LogP contribution is 2.29. The van der Waals surface area contributed by atoms with Crippen molar-refractivity contribution >= 4 is 11.6 Å². The standard InChI is InChI=1S/C14H21ClO2/c1-4-12(15)9-11-7-8-13(16-5-2)14(10-11)17-6-3/h7-8,10,12H,4-6,9H2,1-3H3. The first-order valence-corrected chi connectivity index (χ1v) is 6.67. The third-order valence-corrected chi connectivity index (χ3v) is 2.97. The van der Waals surface area contributed by atoms with E-state index in [1.54, 1.807) is 0 Å². The molecule has 96 valence electrons. The lowest BCUT2D eigenvalue weighted by atomic mass is 10.1. The Morgan fingerprint density at radius 1 is 1.06 bits per heavy atom. The van der Waals surface area contributed by atoms with Gasteiger partial charge in [0.05, 0.1) is 13.2 Å². The van der Waals surface area contributed by atoms with Crippen molar-refractivity contribution in [3.05, 3.63) is 23.8 Å². The van der Waals surface area contributed by atoms with E-state index in [2.05, 4.69) is 13.0 Å². The molecule has 0 radical (unpaired) electrons. The molecule has 2 nitrogen and oxygen atoms in total. The number of hydrogen-bond acceptors (Lipinski definition) is 2.